The van der Waals surface area contributed by atoms with E-state index in [0.29, 0.717) is 11.6 Å². The molecule has 20 heavy (non-hydrogen) atoms. The molecule has 5 heteroatoms. The van der Waals surface area contributed by atoms with Gasteiger partial charge in [-0.15, -0.1) is 0 Å². The lowest BCUT2D eigenvalue weighted by atomic mass is 10.2. The molecular weight excluding hydrogens is 254 g/mol. The van der Waals surface area contributed by atoms with E-state index >= 15 is 0 Å². The van der Waals surface area contributed by atoms with E-state index in [1.165, 1.54) is 12.8 Å². The van der Waals surface area contributed by atoms with Gasteiger partial charge in [-0.1, -0.05) is 0 Å². The average molecular weight is 273 g/mol. The SMILES string of the molecule is Cc1cc(C)c(C(=O)Nc2cc(CC3CC3)nn2C)o1. The highest BCUT2D eigenvalue weighted by Crippen LogP contribution is 2.32. The van der Waals surface area contributed by atoms with Crippen LogP contribution in [-0.2, 0) is 13.5 Å². The van der Waals surface area contributed by atoms with Crippen molar-refractivity contribution in [2.24, 2.45) is 13.0 Å². The van der Waals surface area contributed by atoms with Crippen molar-refractivity contribution < 1.29 is 9.21 Å². The monoisotopic (exact) mass is 273 g/mol. The molecule has 0 aliphatic heterocycles. The minimum atomic E-state index is -0.225. The van der Waals surface area contributed by atoms with Crippen LogP contribution in [-0.4, -0.2) is 15.7 Å². The smallest absolute Gasteiger partial charge is 0.292 e. The number of aromatic nitrogens is 2. The third-order valence-electron chi connectivity index (χ3n) is 3.61. The van der Waals surface area contributed by atoms with Crippen LogP contribution in [0.4, 0.5) is 5.82 Å². The summed E-state index contributed by atoms with van der Waals surface area (Å²) in [7, 11) is 1.84. The van der Waals surface area contributed by atoms with E-state index in [9.17, 15) is 4.79 Å². The van der Waals surface area contributed by atoms with Crippen LogP contribution in [0.3, 0.4) is 0 Å². The molecule has 1 aliphatic rings. The predicted octanol–water partition coefficient (Wildman–Crippen LogP) is 2.83. The number of amides is 1. The first-order chi connectivity index (χ1) is 9.52. The molecule has 2 aromatic heterocycles. The minimum absolute atomic E-state index is 0.225. The molecule has 0 spiro atoms. The maximum atomic E-state index is 12.2. The molecule has 0 atom stereocenters. The molecule has 1 N–H and O–H groups in total. The Labute approximate surface area is 118 Å². The Morgan fingerprint density at radius 3 is 2.80 bits per heavy atom. The van der Waals surface area contributed by atoms with Crippen molar-refractivity contribution in [2.45, 2.75) is 33.1 Å². The predicted molar refractivity (Wildman–Crippen MR) is 75.8 cm³/mol. The number of carbonyl (C=O) groups is 1. The number of carbonyl (C=O) groups excluding carboxylic acids is 1. The number of hydrogen-bond donors (Lipinski definition) is 1. The molecule has 0 bridgehead atoms. The summed E-state index contributed by atoms with van der Waals surface area (Å²) in [6.07, 6.45) is 3.59. The Kier molecular flexibility index (Phi) is 3.12. The Bertz CT molecular complexity index is 650. The first-order valence-electron chi connectivity index (χ1n) is 6.94. The summed E-state index contributed by atoms with van der Waals surface area (Å²) in [6, 6.07) is 3.80. The van der Waals surface area contributed by atoms with Gasteiger partial charge in [0.25, 0.3) is 5.91 Å². The summed E-state index contributed by atoms with van der Waals surface area (Å²) in [5, 5.41) is 7.30. The number of nitrogens with zero attached hydrogens (tertiary/aromatic N) is 2. The van der Waals surface area contributed by atoms with Gasteiger partial charge in [-0.25, -0.2) is 0 Å². The van der Waals surface area contributed by atoms with E-state index in [4.69, 9.17) is 4.42 Å². The Morgan fingerprint density at radius 1 is 1.45 bits per heavy atom. The van der Waals surface area contributed by atoms with E-state index in [-0.39, 0.29) is 5.91 Å². The largest absolute Gasteiger partial charge is 0.456 e. The quantitative estimate of drug-likeness (QED) is 0.931. The van der Waals surface area contributed by atoms with Gasteiger partial charge in [0.15, 0.2) is 5.76 Å². The van der Waals surface area contributed by atoms with Crippen LogP contribution < -0.4 is 5.32 Å². The van der Waals surface area contributed by atoms with Crippen LogP contribution >= 0.6 is 0 Å². The Balaban J connectivity index is 1.74. The molecule has 2 aromatic rings. The molecule has 106 valence electrons. The van der Waals surface area contributed by atoms with Crippen molar-refractivity contribution in [2.75, 3.05) is 5.32 Å². The second-order valence-electron chi connectivity index (χ2n) is 5.62. The zero-order chi connectivity index (χ0) is 14.3. The van der Waals surface area contributed by atoms with Crippen LogP contribution in [0.2, 0.25) is 0 Å². The lowest BCUT2D eigenvalue weighted by molar-refractivity contribution is 0.0993. The highest BCUT2D eigenvalue weighted by Gasteiger charge is 2.23. The molecule has 2 heterocycles. The fourth-order valence-corrected chi connectivity index (χ4v) is 2.40. The molecule has 0 unspecified atom stereocenters. The number of nitrogens with one attached hydrogen (secondary N) is 1. The van der Waals surface area contributed by atoms with Gasteiger partial charge in [0.05, 0.1) is 5.69 Å². The number of hydrogen-bond acceptors (Lipinski definition) is 3. The standard InChI is InChI=1S/C15H19N3O2/c1-9-6-10(2)20-14(9)15(19)16-13-8-12(17-18(13)3)7-11-4-5-11/h6,8,11H,4-5,7H2,1-3H3,(H,16,19). The van der Waals surface area contributed by atoms with E-state index in [1.807, 2.05) is 33.0 Å². The molecule has 1 aliphatic carbocycles. The lowest BCUT2D eigenvalue weighted by Gasteiger charge is -2.03. The van der Waals surface area contributed by atoms with Gasteiger partial charge in [-0.3, -0.25) is 9.48 Å². The summed E-state index contributed by atoms with van der Waals surface area (Å²) in [5.74, 6) is 2.37. The fourth-order valence-electron chi connectivity index (χ4n) is 2.40. The Morgan fingerprint density at radius 2 is 2.20 bits per heavy atom. The highest BCUT2D eigenvalue weighted by molar-refractivity contribution is 6.02. The summed E-state index contributed by atoms with van der Waals surface area (Å²) < 4.78 is 7.14. The molecule has 0 saturated heterocycles. The second kappa shape index (κ2) is 4.81. The first-order valence-corrected chi connectivity index (χ1v) is 6.94. The van der Waals surface area contributed by atoms with Crippen LogP contribution in [0.1, 0.15) is 40.4 Å². The number of rotatable bonds is 4. The van der Waals surface area contributed by atoms with Crippen molar-refractivity contribution in [1.82, 2.24) is 9.78 Å². The maximum Gasteiger partial charge on any atom is 0.292 e. The summed E-state index contributed by atoms with van der Waals surface area (Å²) >= 11 is 0. The zero-order valence-electron chi connectivity index (χ0n) is 12.1. The molecular formula is C15H19N3O2. The van der Waals surface area contributed by atoms with Crippen LogP contribution in [0.25, 0.3) is 0 Å². The first kappa shape index (κ1) is 13.0. The van der Waals surface area contributed by atoms with Crippen molar-refractivity contribution >= 4 is 11.7 Å². The van der Waals surface area contributed by atoms with Gasteiger partial charge >= 0.3 is 0 Å². The van der Waals surface area contributed by atoms with Crippen LogP contribution in [0, 0.1) is 19.8 Å². The van der Waals surface area contributed by atoms with E-state index in [0.717, 1.165) is 29.4 Å². The third kappa shape index (κ3) is 2.61. The average Bonchev–Trinajstić information content (AvgIpc) is 3.02. The van der Waals surface area contributed by atoms with Crippen molar-refractivity contribution in [3.63, 3.8) is 0 Å². The summed E-state index contributed by atoms with van der Waals surface area (Å²) in [6.45, 7) is 3.70. The molecule has 3 rings (SSSR count). The third-order valence-corrected chi connectivity index (χ3v) is 3.61. The number of aryl methyl sites for hydroxylation is 3. The van der Waals surface area contributed by atoms with Gasteiger partial charge in [0.2, 0.25) is 0 Å². The van der Waals surface area contributed by atoms with Gasteiger partial charge in [0, 0.05) is 18.7 Å². The molecule has 5 nitrogen and oxygen atoms in total. The van der Waals surface area contributed by atoms with E-state index in [1.54, 1.807) is 4.68 Å². The number of anilines is 1. The van der Waals surface area contributed by atoms with Crippen molar-refractivity contribution in [1.29, 1.82) is 0 Å². The fraction of sp³-hybridized carbons (Fsp3) is 0.467. The maximum absolute atomic E-state index is 12.2. The Hall–Kier alpha value is -2.04. The van der Waals surface area contributed by atoms with Crippen LogP contribution in [0.5, 0.6) is 0 Å². The second-order valence-corrected chi connectivity index (χ2v) is 5.62. The molecule has 0 aromatic carbocycles. The van der Waals surface area contributed by atoms with Crippen molar-refractivity contribution in [3.8, 4) is 0 Å². The van der Waals surface area contributed by atoms with Gasteiger partial charge < -0.3 is 9.73 Å². The minimum Gasteiger partial charge on any atom is -0.456 e. The van der Waals surface area contributed by atoms with Gasteiger partial charge in [-0.2, -0.15) is 5.10 Å². The van der Waals surface area contributed by atoms with E-state index < -0.39 is 0 Å². The van der Waals surface area contributed by atoms with Gasteiger partial charge in [-0.05, 0) is 45.1 Å². The van der Waals surface area contributed by atoms with Crippen LogP contribution in [0.15, 0.2) is 16.5 Å². The lowest BCUT2D eigenvalue weighted by Crippen LogP contribution is -2.14. The summed E-state index contributed by atoms with van der Waals surface area (Å²) in [5.41, 5.74) is 1.89. The molecule has 1 saturated carbocycles. The highest BCUT2D eigenvalue weighted by atomic mass is 16.3. The zero-order valence-corrected chi connectivity index (χ0v) is 12.1. The van der Waals surface area contributed by atoms with Gasteiger partial charge in [0.1, 0.15) is 11.6 Å². The topological polar surface area (TPSA) is 60.1 Å². The molecule has 1 fully saturated rings. The number of furan rings is 1. The molecule has 0 radical (unpaired) electrons. The normalized spacial score (nSPS) is 14.6. The van der Waals surface area contributed by atoms with Crippen molar-refractivity contribution in [3.05, 3.63) is 34.9 Å². The summed E-state index contributed by atoms with van der Waals surface area (Å²) in [4.78, 5) is 12.2. The van der Waals surface area contributed by atoms with E-state index in [2.05, 4.69) is 10.4 Å². The molecule has 1 amide bonds.